The molecule has 3 heteroatoms. The smallest absolute Gasteiger partial charge is 0.242 e. The van der Waals surface area contributed by atoms with Gasteiger partial charge in [-0.25, -0.2) is 0 Å². The lowest BCUT2D eigenvalue weighted by molar-refractivity contribution is 0.544. The van der Waals surface area contributed by atoms with E-state index in [1.54, 1.807) is 0 Å². The van der Waals surface area contributed by atoms with Crippen LogP contribution in [0.1, 0.15) is 16.7 Å². The van der Waals surface area contributed by atoms with Crippen LogP contribution in [0.2, 0.25) is 19.6 Å². The molecule has 1 aromatic carbocycles. The molecular weight excluding hydrogens is 202 g/mol. The number of hydrogen-bond acceptors (Lipinski definition) is 2. The summed E-state index contributed by atoms with van der Waals surface area (Å²) in [4.78, 5) is 0. The Morgan fingerprint density at radius 1 is 1.20 bits per heavy atom. The van der Waals surface area contributed by atoms with Crippen molar-refractivity contribution in [3.05, 3.63) is 28.8 Å². The molecule has 2 nitrogen and oxygen atoms in total. The van der Waals surface area contributed by atoms with Crippen molar-refractivity contribution in [1.82, 2.24) is 0 Å². The van der Waals surface area contributed by atoms with Crippen molar-refractivity contribution < 1.29 is 4.43 Å². The molecule has 0 amide bonds. The van der Waals surface area contributed by atoms with E-state index in [4.69, 9.17) is 10.2 Å². The maximum Gasteiger partial charge on any atom is 0.242 e. The van der Waals surface area contributed by atoms with Gasteiger partial charge in [-0.15, -0.1) is 0 Å². The average Bonchev–Trinajstić information content (AvgIpc) is 2.07. The first-order valence-electron chi connectivity index (χ1n) is 5.32. The monoisotopic (exact) mass is 223 g/mol. The molecule has 0 atom stereocenters. The van der Waals surface area contributed by atoms with E-state index in [1.807, 2.05) is 0 Å². The molecule has 0 unspecified atom stereocenters. The third-order valence-electron chi connectivity index (χ3n) is 2.12. The lowest BCUT2D eigenvalue weighted by Gasteiger charge is -2.23. The van der Waals surface area contributed by atoms with Crippen LogP contribution in [0.15, 0.2) is 12.1 Å². The quantitative estimate of drug-likeness (QED) is 0.800. The van der Waals surface area contributed by atoms with Crippen molar-refractivity contribution in [3.8, 4) is 5.75 Å². The first kappa shape index (κ1) is 12.3. The van der Waals surface area contributed by atoms with E-state index in [0.29, 0.717) is 6.54 Å². The fourth-order valence-electron chi connectivity index (χ4n) is 1.65. The highest BCUT2D eigenvalue weighted by Crippen LogP contribution is 2.27. The Hall–Kier alpha value is -0.803. The van der Waals surface area contributed by atoms with Gasteiger partial charge < -0.3 is 10.2 Å². The maximum atomic E-state index is 6.07. The van der Waals surface area contributed by atoms with Crippen molar-refractivity contribution in [3.63, 3.8) is 0 Å². The van der Waals surface area contributed by atoms with Gasteiger partial charge in [0, 0.05) is 12.1 Å². The summed E-state index contributed by atoms with van der Waals surface area (Å²) in [5.74, 6) is 1.00. The average molecular weight is 223 g/mol. The lowest BCUT2D eigenvalue weighted by atomic mass is 10.1. The van der Waals surface area contributed by atoms with E-state index in [1.165, 1.54) is 11.1 Å². The summed E-state index contributed by atoms with van der Waals surface area (Å²) < 4.78 is 6.07. The molecule has 84 valence electrons. The Morgan fingerprint density at radius 3 is 2.27 bits per heavy atom. The van der Waals surface area contributed by atoms with Crippen LogP contribution in [0.25, 0.3) is 0 Å². The van der Waals surface area contributed by atoms with Crippen LogP contribution in [0.4, 0.5) is 0 Å². The molecule has 0 aliphatic rings. The lowest BCUT2D eigenvalue weighted by Crippen LogP contribution is -2.30. The van der Waals surface area contributed by atoms with Crippen molar-refractivity contribution in [2.45, 2.75) is 40.0 Å². The van der Waals surface area contributed by atoms with Gasteiger partial charge in [-0.05, 0) is 39.1 Å². The second-order valence-electron chi connectivity index (χ2n) is 4.99. The number of benzene rings is 1. The minimum Gasteiger partial charge on any atom is -0.544 e. The molecule has 0 heterocycles. The van der Waals surface area contributed by atoms with Crippen LogP contribution < -0.4 is 10.2 Å². The van der Waals surface area contributed by atoms with Gasteiger partial charge in [0.15, 0.2) is 0 Å². The minimum absolute atomic E-state index is 0.544. The Balaban J connectivity index is 3.15. The van der Waals surface area contributed by atoms with E-state index >= 15 is 0 Å². The van der Waals surface area contributed by atoms with Gasteiger partial charge in [0.25, 0.3) is 0 Å². The van der Waals surface area contributed by atoms with Gasteiger partial charge in [0.2, 0.25) is 8.32 Å². The second kappa shape index (κ2) is 4.37. The molecule has 0 fully saturated rings. The third kappa shape index (κ3) is 3.36. The van der Waals surface area contributed by atoms with E-state index in [9.17, 15) is 0 Å². The van der Waals surface area contributed by atoms with E-state index in [0.717, 1.165) is 11.3 Å². The van der Waals surface area contributed by atoms with Crippen LogP contribution in [0, 0.1) is 13.8 Å². The molecule has 0 aliphatic heterocycles. The summed E-state index contributed by atoms with van der Waals surface area (Å²) in [7, 11) is -1.55. The number of aryl methyl sites for hydroxylation is 2. The molecule has 0 radical (unpaired) electrons. The summed E-state index contributed by atoms with van der Waals surface area (Å²) in [6, 6.07) is 4.26. The highest BCUT2D eigenvalue weighted by Gasteiger charge is 2.19. The van der Waals surface area contributed by atoms with Gasteiger partial charge in [-0.1, -0.05) is 17.7 Å². The topological polar surface area (TPSA) is 35.2 Å². The van der Waals surface area contributed by atoms with Crippen LogP contribution in [0.3, 0.4) is 0 Å². The number of rotatable bonds is 3. The Bertz CT molecular complexity index is 355. The second-order valence-corrected chi connectivity index (χ2v) is 9.42. The molecule has 0 saturated heterocycles. The van der Waals surface area contributed by atoms with E-state index in [2.05, 4.69) is 45.6 Å². The van der Waals surface area contributed by atoms with Crippen molar-refractivity contribution in [2.24, 2.45) is 5.73 Å². The molecule has 1 aromatic rings. The summed E-state index contributed by atoms with van der Waals surface area (Å²) in [6.45, 7) is 11.3. The van der Waals surface area contributed by atoms with Gasteiger partial charge in [-0.3, -0.25) is 0 Å². The Labute approximate surface area is 93.6 Å². The first-order valence-corrected chi connectivity index (χ1v) is 8.73. The zero-order valence-corrected chi connectivity index (χ0v) is 11.3. The highest BCUT2D eigenvalue weighted by molar-refractivity contribution is 6.70. The molecule has 1 rings (SSSR count). The molecule has 15 heavy (non-hydrogen) atoms. The van der Waals surface area contributed by atoms with Gasteiger partial charge >= 0.3 is 0 Å². The zero-order valence-electron chi connectivity index (χ0n) is 10.3. The summed E-state index contributed by atoms with van der Waals surface area (Å²) in [6.07, 6.45) is 0. The Morgan fingerprint density at radius 2 is 1.80 bits per heavy atom. The molecule has 0 spiro atoms. The van der Waals surface area contributed by atoms with Crippen molar-refractivity contribution in [1.29, 1.82) is 0 Å². The summed E-state index contributed by atoms with van der Waals surface area (Å²) >= 11 is 0. The van der Waals surface area contributed by atoms with Crippen LogP contribution >= 0.6 is 0 Å². The van der Waals surface area contributed by atoms with Gasteiger partial charge in [0.1, 0.15) is 5.75 Å². The molecule has 0 bridgehead atoms. The highest BCUT2D eigenvalue weighted by atomic mass is 28.4. The van der Waals surface area contributed by atoms with Gasteiger partial charge in [0.05, 0.1) is 0 Å². The van der Waals surface area contributed by atoms with E-state index in [-0.39, 0.29) is 0 Å². The van der Waals surface area contributed by atoms with E-state index < -0.39 is 8.32 Å². The largest absolute Gasteiger partial charge is 0.544 e. The fourth-order valence-corrected chi connectivity index (χ4v) is 2.55. The molecule has 0 aliphatic carbocycles. The SMILES string of the molecule is Cc1cc(C)c(O[Si](C)(C)C)c(CN)c1. The van der Waals surface area contributed by atoms with Crippen LogP contribution in [-0.4, -0.2) is 8.32 Å². The Kier molecular flexibility index (Phi) is 3.57. The molecule has 0 aromatic heterocycles. The van der Waals surface area contributed by atoms with Crippen molar-refractivity contribution >= 4 is 8.32 Å². The van der Waals surface area contributed by atoms with Gasteiger partial charge in [-0.2, -0.15) is 0 Å². The summed E-state index contributed by atoms with van der Waals surface area (Å²) in [5.41, 5.74) is 9.30. The maximum absolute atomic E-state index is 6.07. The molecule has 0 saturated carbocycles. The van der Waals surface area contributed by atoms with Crippen molar-refractivity contribution in [2.75, 3.05) is 0 Å². The fraction of sp³-hybridized carbons (Fsp3) is 0.500. The first-order chi connectivity index (χ1) is 6.83. The number of hydrogen-bond donors (Lipinski definition) is 1. The minimum atomic E-state index is -1.55. The van der Waals surface area contributed by atoms with Crippen LogP contribution in [-0.2, 0) is 6.54 Å². The predicted molar refractivity (Wildman–Crippen MR) is 67.8 cm³/mol. The normalized spacial score (nSPS) is 11.6. The molecular formula is C12H21NOSi. The molecule has 2 N–H and O–H groups in total. The standard InChI is InChI=1S/C12H21NOSi/c1-9-6-10(2)12(11(7-9)8-13)14-15(3,4)5/h6-7H,8,13H2,1-5H3. The third-order valence-corrected chi connectivity index (χ3v) is 2.94. The predicted octanol–water partition coefficient (Wildman–Crippen LogP) is 2.98. The summed E-state index contributed by atoms with van der Waals surface area (Å²) in [5, 5.41) is 0. The van der Waals surface area contributed by atoms with Crippen LogP contribution in [0.5, 0.6) is 5.75 Å². The number of nitrogens with two attached hydrogens (primary N) is 1. The zero-order chi connectivity index (χ0) is 11.6.